The summed E-state index contributed by atoms with van der Waals surface area (Å²) in [4.78, 5) is 31.9. The van der Waals surface area contributed by atoms with Crippen molar-refractivity contribution in [1.82, 2.24) is 28.8 Å². The van der Waals surface area contributed by atoms with Gasteiger partial charge in [0.05, 0.1) is 15.7 Å². The Morgan fingerprint density at radius 1 is 1.00 bits per heavy atom. The average Bonchev–Trinajstić information content (AvgIpc) is 3.28. The summed E-state index contributed by atoms with van der Waals surface area (Å²) in [5, 5.41) is 4.29. The number of para-hydroxylation sites is 1. The van der Waals surface area contributed by atoms with Gasteiger partial charge in [0.25, 0.3) is 5.56 Å². The molecular formula is C27H26Cl2N8O. The van der Waals surface area contributed by atoms with E-state index in [-0.39, 0.29) is 5.56 Å². The summed E-state index contributed by atoms with van der Waals surface area (Å²) in [7, 11) is 2.17. The zero-order valence-electron chi connectivity index (χ0n) is 21.0. The lowest BCUT2D eigenvalue weighted by atomic mass is 10.1. The number of rotatable bonds is 4. The Morgan fingerprint density at radius 3 is 2.61 bits per heavy atom. The highest BCUT2D eigenvalue weighted by Crippen LogP contribution is 2.30. The van der Waals surface area contributed by atoms with Gasteiger partial charge in [-0.3, -0.25) is 9.20 Å². The summed E-state index contributed by atoms with van der Waals surface area (Å²) >= 11 is 12.9. The van der Waals surface area contributed by atoms with Gasteiger partial charge >= 0.3 is 0 Å². The van der Waals surface area contributed by atoms with Crippen molar-refractivity contribution in [2.75, 3.05) is 43.4 Å². The van der Waals surface area contributed by atoms with Crippen LogP contribution in [0.2, 0.25) is 10.0 Å². The molecule has 11 heteroatoms. The summed E-state index contributed by atoms with van der Waals surface area (Å²) in [5.74, 6) is 0.731. The van der Waals surface area contributed by atoms with Gasteiger partial charge in [-0.25, -0.2) is 14.5 Å². The normalized spacial score (nSPS) is 14.8. The van der Waals surface area contributed by atoms with Crippen molar-refractivity contribution in [2.24, 2.45) is 0 Å². The third kappa shape index (κ3) is 4.36. The monoisotopic (exact) mass is 548 g/mol. The highest BCUT2D eigenvalue weighted by atomic mass is 35.5. The molecule has 6 rings (SSSR count). The van der Waals surface area contributed by atoms with Crippen LogP contribution in [0.15, 0.2) is 59.8 Å². The Labute approximate surface area is 229 Å². The van der Waals surface area contributed by atoms with Crippen molar-refractivity contribution in [3.63, 3.8) is 0 Å². The molecule has 3 aromatic heterocycles. The summed E-state index contributed by atoms with van der Waals surface area (Å²) in [5.41, 5.74) is 3.73. The zero-order valence-corrected chi connectivity index (χ0v) is 22.5. The fourth-order valence-corrected chi connectivity index (χ4v) is 5.58. The fraction of sp³-hybridized carbons (Fsp3) is 0.259. The lowest BCUT2D eigenvalue weighted by Crippen LogP contribution is -2.29. The number of imidazole rings is 1. The molecule has 1 aliphatic rings. The SMILES string of the molecule is Cc1cc(Nc2ncc3c(=O)n(-c4c(Cl)cccc4Cl)c4nccn4c3n2)ccc1N1CCCN(C)CC1. The molecule has 4 heterocycles. The largest absolute Gasteiger partial charge is 0.370 e. The van der Waals surface area contributed by atoms with E-state index < -0.39 is 0 Å². The number of hydrogen-bond donors (Lipinski definition) is 1. The van der Waals surface area contributed by atoms with Gasteiger partial charge in [-0.2, -0.15) is 4.98 Å². The summed E-state index contributed by atoms with van der Waals surface area (Å²) in [6.45, 7) is 6.35. The van der Waals surface area contributed by atoms with Crippen LogP contribution in [0.5, 0.6) is 0 Å². The van der Waals surface area contributed by atoms with E-state index in [1.165, 1.54) is 22.0 Å². The molecule has 0 spiro atoms. The van der Waals surface area contributed by atoms with E-state index in [1.54, 1.807) is 35.0 Å². The predicted octanol–water partition coefficient (Wildman–Crippen LogP) is 4.93. The van der Waals surface area contributed by atoms with Gasteiger partial charge in [0.15, 0.2) is 5.65 Å². The summed E-state index contributed by atoms with van der Waals surface area (Å²) in [6.07, 6.45) is 6.01. The maximum Gasteiger partial charge on any atom is 0.270 e. The fourth-order valence-electron chi connectivity index (χ4n) is 5.01. The molecule has 0 radical (unpaired) electrons. The van der Waals surface area contributed by atoms with Gasteiger partial charge in [-0.05, 0) is 62.8 Å². The number of halogens is 2. The predicted molar refractivity (Wildman–Crippen MR) is 153 cm³/mol. The third-order valence-electron chi connectivity index (χ3n) is 6.93. The Kier molecular flexibility index (Phi) is 6.43. The Balaban J connectivity index is 1.37. The number of aryl methyl sites for hydroxylation is 1. The Bertz CT molecular complexity index is 1710. The maximum absolute atomic E-state index is 13.6. The van der Waals surface area contributed by atoms with Gasteiger partial charge in [-0.15, -0.1) is 0 Å². The van der Waals surface area contributed by atoms with E-state index in [2.05, 4.69) is 56.2 Å². The molecule has 1 saturated heterocycles. The van der Waals surface area contributed by atoms with Gasteiger partial charge in [0, 0.05) is 49.6 Å². The quantitative estimate of drug-likeness (QED) is 0.341. The molecule has 38 heavy (non-hydrogen) atoms. The van der Waals surface area contributed by atoms with Gasteiger partial charge in [0.1, 0.15) is 5.39 Å². The number of benzene rings is 2. The Hall–Kier alpha value is -3.66. The number of fused-ring (bicyclic) bond motifs is 3. The smallest absolute Gasteiger partial charge is 0.270 e. The van der Waals surface area contributed by atoms with Crippen molar-refractivity contribution in [3.8, 4) is 5.69 Å². The molecule has 1 N–H and O–H groups in total. The number of anilines is 3. The highest BCUT2D eigenvalue weighted by molar-refractivity contribution is 6.37. The first-order chi connectivity index (χ1) is 18.4. The van der Waals surface area contributed by atoms with Crippen LogP contribution in [-0.4, -0.2) is 62.0 Å². The van der Waals surface area contributed by atoms with E-state index in [0.717, 1.165) is 38.3 Å². The second-order valence-electron chi connectivity index (χ2n) is 9.51. The van der Waals surface area contributed by atoms with Crippen LogP contribution in [0, 0.1) is 6.92 Å². The second-order valence-corrected chi connectivity index (χ2v) is 10.3. The average molecular weight is 549 g/mol. The molecule has 2 aromatic carbocycles. The van der Waals surface area contributed by atoms with Crippen molar-refractivity contribution in [1.29, 1.82) is 0 Å². The minimum absolute atomic E-state index is 0.315. The number of aromatic nitrogens is 5. The van der Waals surface area contributed by atoms with E-state index in [9.17, 15) is 4.79 Å². The molecule has 0 unspecified atom stereocenters. The molecule has 9 nitrogen and oxygen atoms in total. The molecular weight excluding hydrogens is 523 g/mol. The van der Waals surface area contributed by atoms with E-state index in [4.69, 9.17) is 23.2 Å². The lowest BCUT2D eigenvalue weighted by molar-refractivity contribution is 0.360. The molecule has 0 bridgehead atoms. The van der Waals surface area contributed by atoms with Crippen LogP contribution in [0.3, 0.4) is 0 Å². The number of hydrogen-bond acceptors (Lipinski definition) is 7. The molecule has 1 fully saturated rings. The topological polar surface area (TPSA) is 83.6 Å². The summed E-state index contributed by atoms with van der Waals surface area (Å²) in [6, 6.07) is 11.4. The van der Waals surface area contributed by atoms with Gasteiger partial charge in [0.2, 0.25) is 11.7 Å². The molecule has 0 atom stereocenters. The second kappa shape index (κ2) is 9.90. The first kappa shape index (κ1) is 24.7. The zero-order chi connectivity index (χ0) is 26.4. The molecule has 0 saturated carbocycles. The number of nitrogens with zero attached hydrogens (tertiary/aromatic N) is 7. The lowest BCUT2D eigenvalue weighted by Gasteiger charge is -2.25. The minimum atomic E-state index is -0.358. The van der Waals surface area contributed by atoms with Gasteiger partial charge in [-0.1, -0.05) is 29.3 Å². The van der Waals surface area contributed by atoms with Crippen LogP contribution in [0.4, 0.5) is 17.3 Å². The standard InChI is InChI=1S/C27H26Cl2N8O/c1-17-15-18(7-8-22(17)35-11-4-10-34(2)13-14-35)32-26-31-16-19-24(33-26)36-12-9-30-27(36)37(25(19)38)23-20(28)5-3-6-21(23)29/h3,5-9,12,15-16H,4,10-11,13-14H2,1-2H3,(H,31,32,33). The van der Waals surface area contributed by atoms with Crippen molar-refractivity contribution in [2.45, 2.75) is 13.3 Å². The van der Waals surface area contributed by atoms with Crippen LogP contribution in [-0.2, 0) is 0 Å². The van der Waals surface area contributed by atoms with Crippen LogP contribution in [0.1, 0.15) is 12.0 Å². The third-order valence-corrected chi connectivity index (χ3v) is 7.54. The molecule has 1 aliphatic heterocycles. The van der Waals surface area contributed by atoms with Crippen molar-refractivity contribution < 1.29 is 0 Å². The molecule has 194 valence electrons. The van der Waals surface area contributed by atoms with E-state index in [1.807, 2.05) is 6.07 Å². The summed E-state index contributed by atoms with van der Waals surface area (Å²) < 4.78 is 3.13. The van der Waals surface area contributed by atoms with Gasteiger partial charge < -0.3 is 15.1 Å². The first-order valence-electron chi connectivity index (χ1n) is 12.4. The van der Waals surface area contributed by atoms with Crippen LogP contribution < -0.4 is 15.8 Å². The maximum atomic E-state index is 13.6. The Morgan fingerprint density at radius 2 is 1.82 bits per heavy atom. The molecule has 0 aliphatic carbocycles. The highest BCUT2D eigenvalue weighted by Gasteiger charge is 2.19. The number of likely N-dealkylation sites (N-methyl/N-ethyl adjacent to an activating group) is 1. The molecule has 5 aromatic rings. The van der Waals surface area contributed by atoms with E-state index >= 15 is 0 Å². The molecule has 0 amide bonds. The van der Waals surface area contributed by atoms with Crippen LogP contribution >= 0.6 is 23.2 Å². The van der Waals surface area contributed by atoms with Crippen LogP contribution in [0.25, 0.3) is 22.5 Å². The number of nitrogens with one attached hydrogen (secondary N) is 1. The van der Waals surface area contributed by atoms with Crippen molar-refractivity contribution in [3.05, 3.63) is 81.0 Å². The first-order valence-corrected chi connectivity index (χ1v) is 13.2. The minimum Gasteiger partial charge on any atom is -0.370 e. The van der Waals surface area contributed by atoms with Crippen molar-refractivity contribution >= 4 is 57.3 Å². The van der Waals surface area contributed by atoms with E-state index in [0.29, 0.717) is 38.5 Å².